The van der Waals surface area contributed by atoms with Crippen LogP contribution in [0.2, 0.25) is 0 Å². The van der Waals surface area contributed by atoms with Gasteiger partial charge in [0, 0.05) is 12.5 Å². The fourth-order valence-corrected chi connectivity index (χ4v) is 1.66. The molecule has 6 heteroatoms. The molecule has 0 amide bonds. The van der Waals surface area contributed by atoms with Crippen molar-refractivity contribution in [2.75, 3.05) is 7.05 Å². The molecule has 0 bridgehead atoms. The standard InChI is InChI=1S/C12H14F5N/c1-18-9(5-6-12(15,16)17)7-8-3-2-4-10(13)11(8)14/h2-4,9,18H,5-7H2,1H3. The highest BCUT2D eigenvalue weighted by Gasteiger charge is 2.28. The van der Waals surface area contributed by atoms with Gasteiger partial charge in [-0.25, -0.2) is 8.78 Å². The largest absolute Gasteiger partial charge is 0.389 e. The second-order valence-electron chi connectivity index (χ2n) is 4.06. The van der Waals surface area contributed by atoms with Gasteiger partial charge < -0.3 is 5.32 Å². The van der Waals surface area contributed by atoms with E-state index in [1.165, 1.54) is 19.2 Å². The van der Waals surface area contributed by atoms with Gasteiger partial charge in [0.05, 0.1) is 0 Å². The zero-order chi connectivity index (χ0) is 13.8. The Balaban J connectivity index is 2.65. The average molecular weight is 267 g/mol. The van der Waals surface area contributed by atoms with Crippen molar-refractivity contribution in [2.45, 2.75) is 31.5 Å². The second kappa shape index (κ2) is 6.13. The first kappa shape index (κ1) is 14.9. The first-order valence-electron chi connectivity index (χ1n) is 5.50. The molecular formula is C12H14F5N. The van der Waals surface area contributed by atoms with Crippen LogP contribution in [0.1, 0.15) is 18.4 Å². The van der Waals surface area contributed by atoms with Crippen LogP contribution in [0, 0.1) is 11.6 Å². The molecule has 0 heterocycles. The minimum absolute atomic E-state index is 0.0240. The number of hydrogen-bond donors (Lipinski definition) is 1. The maximum absolute atomic E-state index is 13.3. The van der Waals surface area contributed by atoms with E-state index in [2.05, 4.69) is 5.32 Å². The van der Waals surface area contributed by atoms with Gasteiger partial charge in [0.25, 0.3) is 0 Å². The summed E-state index contributed by atoms with van der Waals surface area (Å²) in [7, 11) is 1.50. The molecule has 0 aliphatic rings. The molecule has 0 spiro atoms. The van der Waals surface area contributed by atoms with Gasteiger partial charge in [-0.3, -0.25) is 0 Å². The SMILES string of the molecule is CNC(CCC(F)(F)F)Cc1cccc(F)c1F. The summed E-state index contributed by atoms with van der Waals surface area (Å²) in [5.74, 6) is -1.98. The van der Waals surface area contributed by atoms with E-state index in [-0.39, 0.29) is 18.4 Å². The molecule has 1 rings (SSSR count). The fourth-order valence-electron chi connectivity index (χ4n) is 1.66. The third-order valence-corrected chi connectivity index (χ3v) is 2.68. The molecule has 1 aromatic carbocycles. The highest BCUT2D eigenvalue weighted by Crippen LogP contribution is 2.23. The lowest BCUT2D eigenvalue weighted by Gasteiger charge is -2.17. The maximum Gasteiger partial charge on any atom is 0.389 e. The maximum atomic E-state index is 13.3. The van der Waals surface area contributed by atoms with E-state index >= 15 is 0 Å². The van der Waals surface area contributed by atoms with E-state index < -0.39 is 30.3 Å². The molecule has 0 saturated heterocycles. The van der Waals surface area contributed by atoms with E-state index in [1.807, 2.05) is 0 Å². The number of alkyl halides is 3. The van der Waals surface area contributed by atoms with Gasteiger partial charge >= 0.3 is 6.18 Å². The predicted octanol–water partition coefficient (Wildman–Crippen LogP) is 3.44. The van der Waals surface area contributed by atoms with E-state index in [0.29, 0.717) is 0 Å². The van der Waals surface area contributed by atoms with Crippen molar-refractivity contribution in [3.63, 3.8) is 0 Å². The zero-order valence-corrected chi connectivity index (χ0v) is 9.82. The molecule has 1 atom stereocenters. The molecule has 102 valence electrons. The van der Waals surface area contributed by atoms with Gasteiger partial charge in [-0.15, -0.1) is 0 Å². The molecular weight excluding hydrogens is 253 g/mol. The van der Waals surface area contributed by atoms with Crippen molar-refractivity contribution < 1.29 is 22.0 Å². The highest BCUT2D eigenvalue weighted by atomic mass is 19.4. The lowest BCUT2D eigenvalue weighted by Crippen LogP contribution is -2.29. The molecule has 1 aromatic rings. The van der Waals surface area contributed by atoms with E-state index in [0.717, 1.165) is 6.07 Å². The predicted molar refractivity (Wildman–Crippen MR) is 58.2 cm³/mol. The van der Waals surface area contributed by atoms with Crippen LogP contribution in [0.15, 0.2) is 18.2 Å². The first-order chi connectivity index (χ1) is 8.33. The van der Waals surface area contributed by atoms with Gasteiger partial charge in [0.15, 0.2) is 11.6 Å². The molecule has 1 N–H and O–H groups in total. The molecule has 0 aliphatic carbocycles. The quantitative estimate of drug-likeness (QED) is 0.806. The number of rotatable bonds is 5. The fraction of sp³-hybridized carbons (Fsp3) is 0.500. The Kier molecular flexibility index (Phi) is 5.07. The van der Waals surface area contributed by atoms with E-state index in [1.54, 1.807) is 0 Å². The molecule has 0 saturated carbocycles. The van der Waals surface area contributed by atoms with Crippen molar-refractivity contribution in [1.82, 2.24) is 5.32 Å². The number of benzene rings is 1. The van der Waals surface area contributed by atoms with Crippen LogP contribution in [0.3, 0.4) is 0 Å². The third kappa shape index (κ3) is 4.60. The molecule has 1 nitrogen and oxygen atoms in total. The minimum atomic E-state index is -4.24. The van der Waals surface area contributed by atoms with Gasteiger partial charge in [-0.05, 0) is 31.5 Å². The Morgan fingerprint density at radius 2 is 1.89 bits per heavy atom. The monoisotopic (exact) mass is 267 g/mol. The Morgan fingerprint density at radius 1 is 1.22 bits per heavy atom. The van der Waals surface area contributed by atoms with Crippen LogP contribution >= 0.6 is 0 Å². The Labute approximate surface area is 102 Å². The Morgan fingerprint density at radius 3 is 2.44 bits per heavy atom. The number of halogens is 5. The first-order valence-corrected chi connectivity index (χ1v) is 5.50. The van der Waals surface area contributed by atoms with Crippen molar-refractivity contribution in [2.24, 2.45) is 0 Å². The van der Waals surface area contributed by atoms with Crippen LogP contribution < -0.4 is 5.32 Å². The molecule has 0 radical (unpaired) electrons. The zero-order valence-electron chi connectivity index (χ0n) is 9.82. The summed E-state index contributed by atoms with van der Waals surface area (Å²) in [6, 6.07) is 3.15. The minimum Gasteiger partial charge on any atom is -0.317 e. The summed E-state index contributed by atoms with van der Waals surface area (Å²) in [5, 5.41) is 2.68. The number of hydrogen-bond acceptors (Lipinski definition) is 1. The number of likely N-dealkylation sites (N-methyl/N-ethyl adjacent to an activating group) is 1. The molecule has 0 aromatic heterocycles. The third-order valence-electron chi connectivity index (χ3n) is 2.68. The summed E-state index contributed by atoms with van der Waals surface area (Å²) in [5.41, 5.74) is 0.0801. The highest BCUT2D eigenvalue weighted by molar-refractivity contribution is 5.20. The van der Waals surface area contributed by atoms with Gasteiger partial charge in [-0.2, -0.15) is 13.2 Å². The van der Waals surface area contributed by atoms with Gasteiger partial charge in [0.1, 0.15) is 0 Å². The smallest absolute Gasteiger partial charge is 0.317 e. The summed E-state index contributed by atoms with van der Waals surface area (Å²) < 4.78 is 62.5. The van der Waals surface area contributed by atoms with Crippen molar-refractivity contribution in [3.8, 4) is 0 Å². The molecule has 0 aliphatic heterocycles. The summed E-state index contributed by atoms with van der Waals surface area (Å²) in [4.78, 5) is 0. The normalized spacial score (nSPS) is 13.7. The second-order valence-corrected chi connectivity index (χ2v) is 4.06. The summed E-state index contributed by atoms with van der Waals surface area (Å²) >= 11 is 0. The van der Waals surface area contributed by atoms with E-state index in [4.69, 9.17) is 0 Å². The summed E-state index contributed by atoms with van der Waals surface area (Å²) in [6.45, 7) is 0. The lowest BCUT2D eigenvalue weighted by atomic mass is 10.0. The van der Waals surface area contributed by atoms with Gasteiger partial charge in [0.2, 0.25) is 0 Å². The van der Waals surface area contributed by atoms with Crippen LogP contribution in [-0.4, -0.2) is 19.3 Å². The van der Waals surface area contributed by atoms with Crippen molar-refractivity contribution in [1.29, 1.82) is 0 Å². The Bertz CT molecular complexity index is 389. The van der Waals surface area contributed by atoms with Crippen LogP contribution in [0.25, 0.3) is 0 Å². The van der Waals surface area contributed by atoms with Crippen molar-refractivity contribution in [3.05, 3.63) is 35.4 Å². The van der Waals surface area contributed by atoms with Crippen LogP contribution in [0.5, 0.6) is 0 Å². The van der Waals surface area contributed by atoms with Crippen molar-refractivity contribution >= 4 is 0 Å². The lowest BCUT2D eigenvalue weighted by molar-refractivity contribution is -0.136. The topological polar surface area (TPSA) is 12.0 Å². The van der Waals surface area contributed by atoms with Crippen LogP contribution in [0.4, 0.5) is 22.0 Å². The number of nitrogens with one attached hydrogen (secondary N) is 1. The summed E-state index contributed by atoms with van der Waals surface area (Å²) in [6.07, 6.45) is -5.34. The molecule has 0 fully saturated rings. The average Bonchev–Trinajstić information content (AvgIpc) is 2.28. The van der Waals surface area contributed by atoms with E-state index in [9.17, 15) is 22.0 Å². The van der Waals surface area contributed by atoms with Crippen LogP contribution in [-0.2, 0) is 6.42 Å². The van der Waals surface area contributed by atoms with Gasteiger partial charge in [-0.1, -0.05) is 12.1 Å². The molecule has 1 unspecified atom stereocenters. The molecule has 18 heavy (non-hydrogen) atoms. The Hall–Kier alpha value is -1.17.